The zero-order valence-electron chi connectivity index (χ0n) is 24.6. The Morgan fingerprint density at radius 2 is 1.31 bits per heavy atom. The molecule has 0 bridgehead atoms. The van der Waals surface area contributed by atoms with Crippen LogP contribution in [0.4, 0.5) is 0 Å². The number of halogens is 2. The molecule has 7 rings (SSSR count). The van der Waals surface area contributed by atoms with Crippen molar-refractivity contribution >= 4 is 55.6 Å². The van der Waals surface area contributed by atoms with E-state index in [9.17, 15) is 4.79 Å². The van der Waals surface area contributed by atoms with Crippen LogP contribution in [-0.2, 0) is 24.2 Å². The minimum atomic E-state index is -0.385. The number of rotatable bonds is 7. The van der Waals surface area contributed by atoms with Gasteiger partial charge in [0.25, 0.3) is 0 Å². The SMILES string of the molecule is Brc1ccnc2c1ccn2Cc1ccccc1.COC(=O)c1cc(Cl)ccc1Cc1ccnc2c1ccn2Cc1ccccc1. The minimum Gasteiger partial charge on any atom is -0.465 e. The van der Waals surface area contributed by atoms with Crippen molar-refractivity contribution in [3.8, 4) is 0 Å². The van der Waals surface area contributed by atoms with Gasteiger partial charge in [-0.3, -0.25) is 0 Å². The number of nitrogens with zero attached hydrogens (tertiary/aromatic N) is 4. The van der Waals surface area contributed by atoms with Crippen LogP contribution >= 0.6 is 27.5 Å². The number of fused-ring (bicyclic) bond motifs is 2. The smallest absolute Gasteiger partial charge is 0.338 e. The summed E-state index contributed by atoms with van der Waals surface area (Å²) in [4.78, 5) is 21.2. The molecule has 4 heterocycles. The maximum absolute atomic E-state index is 12.2. The predicted octanol–water partition coefficient (Wildman–Crippen LogP) is 8.96. The number of benzene rings is 3. The fourth-order valence-corrected chi connectivity index (χ4v) is 5.98. The highest BCUT2D eigenvalue weighted by atomic mass is 79.9. The molecule has 0 saturated heterocycles. The summed E-state index contributed by atoms with van der Waals surface area (Å²) in [5.41, 5.74) is 6.91. The van der Waals surface area contributed by atoms with Crippen LogP contribution in [0.15, 0.2) is 132 Å². The summed E-state index contributed by atoms with van der Waals surface area (Å²) < 4.78 is 10.3. The van der Waals surface area contributed by atoms with Gasteiger partial charge in [-0.1, -0.05) is 78.3 Å². The Morgan fingerprint density at radius 1 is 0.733 bits per heavy atom. The van der Waals surface area contributed by atoms with Crippen LogP contribution < -0.4 is 0 Å². The highest BCUT2D eigenvalue weighted by Gasteiger charge is 2.15. The van der Waals surface area contributed by atoms with Gasteiger partial charge in [0.2, 0.25) is 0 Å². The van der Waals surface area contributed by atoms with E-state index < -0.39 is 0 Å². The number of hydrogen-bond donors (Lipinski definition) is 0. The highest BCUT2D eigenvalue weighted by Crippen LogP contribution is 2.26. The van der Waals surface area contributed by atoms with Gasteiger partial charge in [-0.2, -0.15) is 0 Å². The van der Waals surface area contributed by atoms with Gasteiger partial charge in [0.1, 0.15) is 11.3 Å². The fraction of sp³-hybridized carbons (Fsp3) is 0.108. The predicted molar refractivity (Wildman–Crippen MR) is 184 cm³/mol. The van der Waals surface area contributed by atoms with Gasteiger partial charge >= 0.3 is 5.97 Å². The zero-order chi connectivity index (χ0) is 31.2. The Bertz CT molecular complexity index is 2070. The van der Waals surface area contributed by atoms with Gasteiger partial charge in [-0.25, -0.2) is 14.8 Å². The quantitative estimate of drug-likeness (QED) is 0.158. The molecule has 0 aliphatic heterocycles. The van der Waals surface area contributed by atoms with E-state index in [2.05, 4.69) is 96.0 Å². The van der Waals surface area contributed by atoms with Gasteiger partial charge in [0, 0.05) is 58.1 Å². The highest BCUT2D eigenvalue weighted by molar-refractivity contribution is 9.10. The molecule has 45 heavy (non-hydrogen) atoms. The molecule has 0 amide bonds. The molecule has 8 heteroatoms. The van der Waals surface area contributed by atoms with Crippen molar-refractivity contribution in [1.29, 1.82) is 0 Å². The van der Waals surface area contributed by atoms with Gasteiger partial charge in [-0.15, -0.1) is 0 Å². The first-order valence-corrected chi connectivity index (χ1v) is 15.6. The third kappa shape index (κ3) is 7.00. The van der Waals surface area contributed by atoms with E-state index in [0.29, 0.717) is 17.0 Å². The van der Waals surface area contributed by atoms with Crippen molar-refractivity contribution in [2.45, 2.75) is 19.5 Å². The van der Waals surface area contributed by atoms with E-state index in [1.54, 1.807) is 12.1 Å². The molecule has 4 aromatic heterocycles. The molecule has 224 valence electrons. The Morgan fingerprint density at radius 3 is 1.93 bits per heavy atom. The van der Waals surface area contributed by atoms with E-state index >= 15 is 0 Å². The summed E-state index contributed by atoms with van der Waals surface area (Å²) >= 11 is 9.62. The normalized spacial score (nSPS) is 10.9. The van der Waals surface area contributed by atoms with E-state index in [1.807, 2.05) is 54.9 Å². The molecule has 0 saturated carbocycles. The van der Waals surface area contributed by atoms with Crippen LogP contribution in [0.3, 0.4) is 0 Å². The molecule has 0 atom stereocenters. The Balaban J connectivity index is 0.000000179. The summed E-state index contributed by atoms with van der Waals surface area (Å²) in [6.07, 6.45) is 8.36. The number of carbonyl (C=O) groups is 1. The summed E-state index contributed by atoms with van der Waals surface area (Å²) in [7, 11) is 1.38. The summed E-state index contributed by atoms with van der Waals surface area (Å²) in [5, 5.41) is 2.74. The summed E-state index contributed by atoms with van der Waals surface area (Å²) in [5.74, 6) is -0.385. The van der Waals surface area contributed by atoms with Crippen LogP contribution in [-0.4, -0.2) is 32.2 Å². The van der Waals surface area contributed by atoms with Crippen molar-refractivity contribution in [3.05, 3.63) is 165 Å². The molecule has 0 unspecified atom stereocenters. The van der Waals surface area contributed by atoms with E-state index in [0.717, 1.165) is 50.8 Å². The lowest BCUT2D eigenvalue weighted by molar-refractivity contribution is 0.0599. The monoisotopic (exact) mass is 676 g/mol. The minimum absolute atomic E-state index is 0.385. The average molecular weight is 678 g/mol. The lowest BCUT2D eigenvalue weighted by Gasteiger charge is -2.10. The second-order valence-corrected chi connectivity index (χ2v) is 11.9. The van der Waals surface area contributed by atoms with Crippen LogP contribution in [0.1, 0.15) is 32.6 Å². The lowest BCUT2D eigenvalue weighted by Crippen LogP contribution is -2.06. The first-order valence-electron chi connectivity index (χ1n) is 14.5. The Labute approximate surface area is 275 Å². The first kappa shape index (κ1) is 30.3. The molecule has 0 radical (unpaired) electrons. The first-order chi connectivity index (χ1) is 22.0. The zero-order valence-corrected chi connectivity index (χ0v) is 26.9. The maximum Gasteiger partial charge on any atom is 0.338 e. The van der Waals surface area contributed by atoms with Crippen LogP contribution in [0.25, 0.3) is 22.1 Å². The number of methoxy groups -OCH3 is 1. The Hall–Kier alpha value is -4.72. The molecule has 7 aromatic rings. The van der Waals surface area contributed by atoms with Gasteiger partial charge in [-0.05, 0) is 81.0 Å². The third-order valence-corrected chi connectivity index (χ3v) is 8.54. The summed E-state index contributed by atoms with van der Waals surface area (Å²) in [6, 6.07) is 34.2. The topological polar surface area (TPSA) is 61.9 Å². The van der Waals surface area contributed by atoms with Gasteiger partial charge in [0.05, 0.1) is 12.7 Å². The van der Waals surface area contributed by atoms with E-state index in [-0.39, 0.29) is 5.97 Å². The van der Waals surface area contributed by atoms with Gasteiger partial charge in [0.15, 0.2) is 0 Å². The second-order valence-electron chi connectivity index (χ2n) is 10.6. The number of esters is 1. The number of pyridine rings is 2. The molecular weight excluding hydrogens is 648 g/mol. The second kappa shape index (κ2) is 13.9. The Kier molecular flexibility index (Phi) is 9.38. The van der Waals surface area contributed by atoms with Gasteiger partial charge < -0.3 is 13.9 Å². The summed E-state index contributed by atoms with van der Waals surface area (Å²) in [6.45, 7) is 1.61. The van der Waals surface area contributed by atoms with Crippen molar-refractivity contribution in [3.63, 3.8) is 0 Å². The molecule has 0 N–H and O–H groups in total. The third-order valence-electron chi connectivity index (χ3n) is 7.61. The van der Waals surface area contributed by atoms with Crippen molar-refractivity contribution in [1.82, 2.24) is 19.1 Å². The largest absolute Gasteiger partial charge is 0.465 e. The number of carbonyl (C=O) groups excluding carboxylic acids is 1. The van der Waals surface area contributed by atoms with Crippen LogP contribution in [0, 0.1) is 0 Å². The molecular formula is C37H30BrClN4O2. The molecule has 0 aliphatic carbocycles. The molecule has 3 aromatic carbocycles. The van der Waals surface area contributed by atoms with Crippen molar-refractivity contribution in [2.24, 2.45) is 0 Å². The van der Waals surface area contributed by atoms with E-state index in [1.165, 1.54) is 18.2 Å². The number of hydrogen-bond acceptors (Lipinski definition) is 4. The van der Waals surface area contributed by atoms with Crippen molar-refractivity contribution < 1.29 is 9.53 Å². The molecule has 0 fully saturated rings. The number of ether oxygens (including phenoxy) is 1. The molecule has 0 aliphatic rings. The maximum atomic E-state index is 12.2. The van der Waals surface area contributed by atoms with Crippen molar-refractivity contribution in [2.75, 3.05) is 7.11 Å². The van der Waals surface area contributed by atoms with E-state index in [4.69, 9.17) is 16.3 Å². The number of aromatic nitrogens is 4. The standard InChI is InChI=1S/C23H19ClN2O2.C14H11BrN2/c1-28-23(27)21-14-19(24)8-7-17(21)13-18-9-11-25-22-20(18)10-12-26(22)15-16-5-3-2-4-6-16;15-13-6-8-16-14-12(13)7-9-17(14)10-11-4-2-1-3-5-11/h2-12,14H,13,15H2,1H3;1-9H,10H2. The van der Waals surface area contributed by atoms with Crippen LogP contribution in [0.2, 0.25) is 5.02 Å². The fourth-order valence-electron chi connectivity index (χ4n) is 5.38. The average Bonchev–Trinajstić information content (AvgIpc) is 3.68. The molecule has 0 spiro atoms. The van der Waals surface area contributed by atoms with Crippen LogP contribution in [0.5, 0.6) is 0 Å². The lowest BCUT2D eigenvalue weighted by atomic mass is 9.98. The molecule has 6 nitrogen and oxygen atoms in total.